The number of rotatable bonds is 3. The highest BCUT2D eigenvalue weighted by Crippen LogP contribution is 2.26. The molecule has 0 aromatic rings. The number of hydrogen-bond donors (Lipinski definition) is 1. The number of aliphatic hydroxyl groups is 1. The molecule has 0 aliphatic carbocycles. The predicted molar refractivity (Wildman–Crippen MR) is 75.9 cm³/mol. The molecule has 2 fully saturated rings. The quantitative estimate of drug-likeness (QED) is 0.843. The lowest BCUT2D eigenvalue weighted by Crippen LogP contribution is -2.50. The molecule has 3 unspecified atom stereocenters. The Hall–Kier alpha value is -0.610. The lowest BCUT2D eigenvalue weighted by atomic mass is 10.0. The molecule has 4 heteroatoms. The van der Waals surface area contributed by atoms with Crippen LogP contribution in [0.1, 0.15) is 46.0 Å². The Morgan fingerprint density at radius 3 is 2.42 bits per heavy atom. The van der Waals surface area contributed by atoms with Crippen molar-refractivity contribution in [2.75, 3.05) is 26.2 Å². The van der Waals surface area contributed by atoms with Crippen molar-refractivity contribution in [3.8, 4) is 0 Å². The standard InChI is InChI=1S/C15H28N2O2/c1-12-7-10-17(14(12)11-18)13(2)15(19)16-8-5-3-4-6-9-16/h12-14,18H,3-11H2,1-2H3. The first kappa shape index (κ1) is 14.8. The molecular formula is C15H28N2O2. The zero-order valence-electron chi connectivity index (χ0n) is 12.3. The molecule has 19 heavy (non-hydrogen) atoms. The van der Waals surface area contributed by atoms with Crippen molar-refractivity contribution in [1.82, 2.24) is 9.80 Å². The fourth-order valence-electron chi connectivity index (χ4n) is 3.50. The summed E-state index contributed by atoms with van der Waals surface area (Å²) in [6.45, 7) is 7.11. The highest BCUT2D eigenvalue weighted by Gasteiger charge is 2.37. The summed E-state index contributed by atoms with van der Waals surface area (Å²) < 4.78 is 0. The zero-order chi connectivity index (χ0) is 13.8. The molecule has 0 aromatic carbocycles. The van der Waals surface area contributed by atoms with Gasteiger partial charge in [-0.2, -0.15) is 0 Å². The van der Waals surface area contributed by atoms with Gasteiger partial charge in [-0.15, -0.1) is 0 Å². The Morgan fingerprint density at radius 2 is 1.84 bits per heavy atom. The molecule has 2 aliphatic heterocycles. The van der Waals surface area contributed by atoms with Crippen LogP contribution in [-0.4, -0.2) is 59.1 Å². The molecule has 0 spiro atoms. The Morgan fingerprint density at radius 1 is 1.21 bits per heavy atom. The molecule has 0 bridgehead atoms. The lowest BCUT2D eigenvalue weighted by molar-refractivity contribution is -0.137. The third-order valence-corrected chi connectivity index (χ3v) is 4.89. The largest absolute Gasteiger partial charge is 0.395 e. The normalized spacial score (nSPS) is 31.2. The maximum Gasteiger partial charge on any atom is 0.239 e. The van der Waals surface area contributed by atoms with E-state index in [1.54, 1.807) is 0 Å². The number of likely N-dealkylation sites (tertiary alicyclic amines) is 2. The fourth-order valence-corrected chi connectivity index (χ4v) is 3.50. The van der Waals surface area contributed by atoms with E-state index in [9.17, 15) is 9.90 Å². The van der Waals surface area contributed by atoms with Crippen LogP contribution in [0.4, 0.5) is 0 Å². The molecule has 2 heterocycles. The topological polar surface area (TPSA) is 43.8 Å². The first-order valence-corrected chi connectivity index (χ1v) is 7.80. The maximum atomic E-state index is 12.6. The number of nitrogens with zero attached hydrogens (tertiary/aromatic N) is 2. The van der Waals surface area contributed by atoms with Gasteiger partial charge in [0, 0.05) is 19.1 Å². The average molecular weight is 268 g/mol. The van der Waals surface area contributed by atoms with Gasteiger partial charge in [-0.05, 0) is 38.6 Å². The van der Waals surface area contributed by atoms with E-state index >= 15 is 0 Å². The fraction of sp³-hybridized carbons (Fsp3) is 0.933. The van der Waals surface area contributed by atoms with Gasteiger partial charge in [0.05, 0.1) is 12.6 Å². The van der Waals surface area contributed by atoms with Crippen molar-refractivity contribution in [2.45, 2.75) is 58.0 Å². The lowest BCUT2D eigenvalue weighted by Gasteiger charge is -2.33. The van der Waals surface area contributed by atoms with Gasteiger partial charge < -0.3 is 10.0 Å². The number of carbonyl (C=O) groups is 1. The van der Waals surface area contributed by atoms with Crippen molar-refractivity contribution in [3.05, 3.63) is 0 Å². The minimum absolute atomic E-state index is 0.0831. The molecule has 2 saturated heterocycles. The molecule has 4 nitrogen and oxygen atoms in total. The number of aliphatic hydroxyl groups excluding tert-OH is 1. The Labute approximate surface area is 116 Å². The van der Waals surface area contributed by atoms with E-state index in [2.05, 4.69) is 11.8 Å². The van der Waals surface area contributed by atoms with E-state index < -0.39 is 0 Å². The van der Waals surface area contributed by atoms with Crippen LogP contribution in [0.25, 0.3) is 0 Å². The summed E-state index contributed by atoms with van der Waals surface area (Å²) in [5, 5.41) is 9.53. The van der Waals surface area contributed by atoms with E-state index in [-0.39, 0.29) is 24.6 Å². The molecule has 1 amide bonds. The molecule has 2 aliphatic rings. The summed E-state index contributed by atoms with van der Waals surface area (Å²) in [6, 6.07) is 0.0751. The monoisotopic (exact) mass is 268 g/mol. The number of hydrogen-bond acceptors (Lipinski definition) is 3. The van der Waals surface area contributed by atoms with Gasteiger partial charge in [0.15, 0.2) is 0 Å². The van der Waals surface area contributed by atoms with E-state index in [1.165, 1.54) is 12.8 Å². The van der Waals surface area contributed by atoms with E-state index in [4.69, 9.17) is 0 Å². The number of carbonyl (C=O) groups excluding carboxylic acids is 1. The van der Waals surface area contributed by atoms with Gasteiger partial charge in [-0.3, -0.25) is 9.69 Å². The highest BCUT2D eigenvalue weighted by atomic mass is 16.3. The van der Waals surface area contributed by atoms with Crippen molar-refractivity contribution in [2.24, 2.45) is 5.92 Å². The molecule has 0 radical (unpaired) electrons. The third kappa shape index (κ3) is 3.29. The molecule has 110 valence electrons. The summed E-state index contributed by atoms with van der Waals surface area (Å²) in [5.41, 5.74) is 0. The first-order chi connectivity index (χ1) is 9.15. The van der Waals surface area contributed by atoms with Gasteiger partial charge in [-0.25, -0.2) is 0 Å². The summed E-state index contributed by atoms with van der Waals surface area (Å²) in [4.78, 5) is 16.9. The zero-order valence-corrected chi connectivity index (χ0v) is 12.3. The van der Waals surface area contributed by atoms with Crippen LogP contribution in [0.2, 0.25) is 0 Å². The SMILES string of the molecule is CC1CCN(C(C)C(=O)N2CCCCCC2)C1CO. The minimum atomic E-state index is -0.0831. The molecule has 0 saturated carbocycles. The Kier molecular flexibility index (Phi) is 5.22. The highest BCUT2D eigenvalue weighted by molar-refractivity contribution is 5.81. The van der Waals surface area contributed by atoms with Gasteiger partial charge in [0.1, 0.15) is 0 Å². The second-order valence-electron chi connectivity index (χ2n) is 6.17. The molecular weight excluding hydrogens is 240 g/mol. The third-order valence-electron chi connectivity index (χ3n) is 4.89. The van der Waals surface area contributed by atoms with Gasteiger partial charge in [0.25, 0.3) is 0 Å². The molecule has 1 N–H and O–H groups in total. The van der Waals surface area contributed by atoms with Crippen molar-refractivity contribution in [3.63, 3.8) is 0 Å². The smallest absolute Gasteiger partial charge is 0.239 e. The van der Waals surface area contributed by atoms with Crippen LogP contribution in [0.3, 0.4) is 0 Å². The minimum Gasteiger partial charge on any atom is -0.395 e. The van der Waals surface area contributed by atoms with Gasteiger partial charge in [0.2, 0.25) is 5.91 Å². The predicted octanol–water partition coefficient (Wildman–Crippen LogP) is 1.48. The van der Waals surface area contributed by atoms with Crippen molar-refractivity contribution < 1.29 is 9.90 Å². The summed E-state index contributed by atoms with van der Waals surface area (Å²) in [6.07, 6.45) is 5.86. The van der Waals surface area contributed by atoms with Crippen LogP contribution >= 0.6 is 0 Å². The number of amides is 1. The summed E-state index contributed by atoms with van der Waals surface area (Å²) in [5.74, 6) is 0.749. The van der Waals surface area contributed by atoms with E-state index in [0.29, 0.717) is 5.92 Å². The van der Waals surface area contributed by atoms with Crippen LogP contribution in [-0.2, 0) is 4.79 Å². The average Bonchev–Trinajstić information content (AvgIpc) is 2.64. The van der Waals surface area contributed by atoms with Gasteiger partial charge in [-0.1, -0.05) is 19.8 Å². The van der Waals surface area contributed by atoms with Crippen LogP contribution in [0.15, 0.2) is 0 Å². The van der Waals surface area contributed by atoms with Crippen molar-refractivity contribution in [1.29, 1.82) is 0 Å². The Balaban J connectivity index is 1.97. The molecule has 0 aromatic heterocycles. The second kappa shape index (κ2) is 6.71. The first-order valence-electron chi connectivity index (χ1n) is 7.80. The van der Waals surface area contributed by atoms with Crippen molar-refractivity contribution >= 4 is 5.91 Å². The summed E-state index contributed by atoms with van der Waals surface area (Å²) in [7, 11) is 0. The van der Waals surface area contributed by atoms with Crippen LogP contribution in [0.5, 0.6) is 0 Å². The molecule has 3 atom stereocenters. The van der Waals surface area contributed by atoms with Crippen LogP contribution in [0, 0.1) is 5.92 Å². The maximum absolute atomic E-state index is 12.6. The second-order valence-corrected chi connectivity index (χ2v) is 6.17. The van der Waals surface area contributed by atoms with Gasteiger partial charge >= 0.3 is 0 Å². The Bertz CT molecular complexity index is 301. The van der Waals surface area contributed by atoms with Crippen LogP contribution < -0.4 is 0 Å². The summed E-state index contributed by atoms with van der Waals surface area (Å²) >= 11 is 0. The molecule has 2 rings (SSSR count). The van der Waals surface area contributed by atoms with E-state index in [1.807, 2.05) is 11.8 Å². The van der Waals surface area contributed by atoms with E-state index in [0.717, 1.165) is 38.9 Å².